The Bertz CT molecular complexity index is 262. The van der Waals surface area contributed by atoms with Crippen molar-refractivity contribution in [2.24, 2.45) is 10.9 Å². The van der Waals surface area contributed by atoms with E-state index in [9.17, 15) is 4.79 Å². The lowest BCUT2D eigenvalue weighted by Crippen LogP contribution is -2.34. The zero-order chi connectivity index (χ0) is 9.42. The highest BCUT2D eigenvalue weighted by molar-refractivity contribution is 5.76. The van der Waals surface area contributed by atoms with Crippen LogP contribution in [0.4, 0.5) is 0 Å². The van der Waals surface area contributed by atoms with Gasteiger partial charge in [0.2, 0.25) is 0 Å². The normalized spacial score (nSPS) is 37.6. The van der Waals surface area contributed by atoms with Crippen molar-refractivity contribution in [1.82, 2.24) is 0 Å². The van der Waals surface area contributed by atoms with Gasteiger partial charge in [-0.3, -0.25) is 4.79 Å². The molecule has 0 aromatic heterocycles. The fourth-order valence-electron chi connectivity index (χ4n) is 2.09. The Morgan fingerprint density at radius 1 is 1.62 bits per heavy atom. The molecule has 1 N–H and O–H groups in total. The lowest BCUT2D eigenvalue weighted by Gasteiger charge is -2.26. The molecule has 1 saturated carbocycles. The molecule has 1 heterocycles. The van der Waals surface area contributed by atoms with Crippen LogP contribution in [0.2, 0.25) is 0 Å². The quantitative estimate of drug-likeness (QED) is 0.661. The predicted octanol–water partition coefficient (Wildman–Crippen LogP) is 1.06. The van der Waals surface area contributed by atoms with Crippen LogP contribution in [0.15, 0.2) is 4.99 Å². The monoisotopic (exact) mass is 183 g/mol. The largest absolute Gasteiger partial charge is 0.481 e. The van der Waals surface area contributed by atoms with Gasteiger partial charge in [0.05, 0.1) is 12.0 Å². The summed E-state index contributed by atoms with van der Waals surface area (Å²) in [5.41, 5.74) is 0. The molecule has 0 amide bonds. The summed E-state index contributed by atoms with van der Waals surface area (Å²) >= 11 is 0. The van der Waals surface area contributed by atoms with E-state index in [1.807, 2.05) is 6.92 Å². The molecule has 3 unspecified atom stereocenters. The molecule has 0 aromatic rings. The maximum atomic E-state index is 10.7. The summed E-state index contributed by atoms with van der Waals surface area (Å²) < 4.78 is 5.43. The smallest absolute Gasteiger partial charge is 0.306 e. The fourth-order valence-corrected chi connectivity index (χ4v) is 2.09. The van der Waals surface area contributed by atoms with Gasteiger partial charge in [-0.05, 0) is 19.3 Å². The number of carbonyl (C=O) groups is 1. The molecule has 3 atom stereocenters. The van der Waals surface area contributed by atoms with Crippen LogP contribution in [0.1, 0.15) is 26.2 Å². The Labute approximate surface area is 76.6 Å². The van der Waals surface area contributed by atoms with Crippen molar-refractivity contribution in [3.8, 4) is 0 Å². The number of hydrogen-bond donors (Lipinski definition) is 1. The number of fused-ring (bicyclic) bond motifs is 1. The van der Waals surface area contributed by atoms with Gasteiger partial charge < -0.3 is 9.84 Å². The minimum absolute atomic E-state index is 0.0230. The van der Waals surface area contributed by atoms with Crippen LogP contribution in [0.3, 0.4) is 0 Å². The number of hydrogen-bond acceptors (Lipinski definition) is 3. The van der Waals surface area contributed by atoms with E-state index in [1.54, 1.807) is 0 Å². The second-order valence-electron chi connectivity index (χ2n) is 3.72. The zero-order valence-electron chi connectivity index (χ0n) is 7.56. The highest BCUT2D eigenvalue weighted by Crippen LogP contribution is 2.32. The van der Waals surface area contributed by atoms with Crippen molar-refractivity contribution in [2.75, 3.05) is 0 Å². The van der Waals surface area contributed by atoms with Crippen molar-refractivity contribution in [3.05, 3.63) is 0 Å². The predicted molar refractivity (Wildman–Crippen MR) is 46.7 cm³/mol. The molecule has 4 nitrogen and oxygen atoms in total. The summed E-state index contributed by atoms with van der Waals surface area (Å²) in [7, 11) is 0. The summed E-state index contributed by atoms with van der Waals surface area (Å²) in [6, 6.07) is 0.218. The fraction of sp³-hybridized carbons (Fsp3) is 0.778. The molecule has 2 rings (SSSR count). The van der Waals surface area contributed by atoms with Crippen molar-refractivity contribution >= 4 is 11.9 Å². The molecule has 1 aliphatic carbocycles. The average molecular weight is 183 g/mol. The van der Waals surface area contributed by atoms with Gasteiger partial charge in [-0.1, -0.05) is 0 Å². The second-order valence-corrected chi connectivity index (χ2v) is 3.72. The molecule has 4 heteroatoms. The summed E-state index contributed by atoms with van der Waals surface area (Å²) in [4.78, 5) is 15.0. The molecule has 0 saturated heterocycles. The summed E-state index contributed by atoms with van der Waals surface area (Å²) in [5, 5.41) is 8.83. The Hall–Kier alpha value is -1.06. The number of nitrogens with zero attached hydrogens (tertiary/aromatic N) is 1. The van der Waals surface area contributed by atoms with Gasteiger partial charge in [0.15, 0.2) is 5.90 Å². The molecule has 2 aliphatic rings. The summed E-state index contributed by atoms with van der Waals surface area (Å²) in [5.74, 6) is -0.227. The van der Waals surface area contributed by atoms with E-state index in [0.717, 1.165) is 12.8 Å². The molecule has 72 valence electrons. The molecule has 0 radical (unpaired) electrons. The van der Waals surface area contributed by atoms with Gasteiger partial charge in [-0.25, -0.2) is 4.99 Å². The van der Waals surface area contributed by atoms with E-state index in [2.05, 4.69) is 4.99 Å². The van der Waals surface area contributed by atoms with Gasteiger partial charge in [-0.15, -0.1) is 0 Å². The Morgan fingerprint density at radius 2 is 2.38 bits per heavy atom. The van der Waals surface area contributed by atoms with Gasteiger partial charge in [0.25, 0.3) is 0 Å². The van der Waals surface area contributed by atoms with Gasteiger partial charge in [-0.2, -0.15) is 0 Å². The standard InChI is InChI=1S/C9H13NO3/c1-5-10-7-3-2-6(9(11)12)4-8(7)13-5/h6-8H,2-4H2,1H3,(H,11,12). The first-order chi connectivity index (χ1) is 6.16. The number of aliphatic carboxylic acids is 1. The van der Waals surface area contributed by atoms with Crippen LogP contribution in [-0.2, 0) is 9.53 Å². The number of rotatable bonds is 1. The first kappa shape index (κ1) is 8.53. The SMILES string of the molecule is CC1=NC2CCC(C(=O)O)CC2O1. The van der Waals surface area contributed by atoms with E-state index in [1.165, 1.54) is 0 Å². The molecule has 13 heavy (non-hydrogen) atoms. The highest BCUT2D eigenvalue weighted by Gasteiger charge is 2.38. The zero-order valence-corrected chi connectivity index (χ0v) is 7.56. The minimum Gasteiger partial charge on any atom is -0.481 e. The summed E-state index contributed by atoms with van der Waals surface area (Å²) in [6.07, 6.45) is 2.21. The number of carboxylic acid groups (broad SMARTS) is 1. The Balaban J connectivity index is 2.01. The number of carboxylic acids is 1. The van der Waals surface area contributed by atoms with E-state index in [0.29, 0.717) is 12.3 Å². The second kappa shape index (κ2) is 3.01. The van der Waals surface area contributed by atoms with Crippen LogP contribution in [0, 0.1) is 5.92 Å². The third kappa shape index (κ3) is 1.53. The van der Waals surface area contributed by atoms with E-state index < -0.39 is 5.97 Å². The van der Waals surface area contributed by atoms with Crippen LogP contribution in [-0.4, -0.2) is 29.1 Å². The molecular formula is C9H13NO3. The maximum absolute atomic E-state index is 10.7. The molecule has 0 aromatic carbocycles. The number of aliphatic imine (C=N–C) groups is 1. The Morgan fingerprint density at radius 3 is 3.08 bits per heavy atom. The van der Waals surface area contributed by atoms with E-state index in [-0.39, 0.29) is 18.1 Å². The van der Waals surface area contributed by atoms with Crippen molar-refractivity contribution in [2.45, 2.75) is 38.3 Å². The third-order valence-electron chi connectivity index (χ3n) is 2.78. The lowest BCUT2D eigenvalue weighted by atomic mass is 9.84. The molecule has 1 fully saturated rings. The van der Waals surface area contributed by atoms with Crippen LogP contribution >= 0.6 is 0 Å². The number of ether oxygens (including phenoxy) is 1. The van der Waals surface area contributed by atoms with Gasteiger partial charge >= 0.3 is 5.97 Å². The van der Waals surface area contributed by atoms with Crippen LogP contribution < -0.4 is 0 Å². The van der Waals surface area contributed by atoms with E-state index in [4.69, 9.17) is 9.84 Å². The van der Waals surface area contributed by atoms with E-state index >= 15 is 0 Å². The molecule has 0 spiro atoms. The van der Waals surface area contributed by atoms with Crippen molar-refractivity contribution in [1.29, 1.82) is 0 Å². The average Bonchev–Trinajstić information content (AvgIpc) is 2.42. The Kier molecular flexibility index (Phi) is 1.98. The first-order valence-corrected chi connectivity index (χ1v) is 4.60. The van der Waals surface area contributed by atoms with Crippen molar-refractivity contribution in [3.63, 3.8) is 0 Å². The van der Waals surface area contributed by atoms with Gasteiger partial charge in [0, 0.05) is 6.92 Å². The third-order valence-corrected chi connectivity index (χ3v) is 2.78. The lowest BCUT2D eigenvalue weighted by molar-refractivity contribution is -0.143. The summed E-state index contributed by atoms with van der Waals surface area (Å²) in [6.45, 7) is 1.83. The first-order valence-electron chi connectivity index (χ1n) is 4.60. The van der Waals surface area contributed by atoms with Crippen LogP contribution in [0.25, 0.3) is 0 Å². The topological polar surface area (TPSA) is 58.9 Å². The maximum Gasteiger partial charge on any atom is 0.306 e. The molecule has 1 aliphatic heterocycles. The molecule has 0 bridgehead atoms. The molecular weight excluding hydrogens is 170 g/mol. The highest BCUT2D eigenvalue weighted by atomic mass is 16.5. The van der Waals surface area contributed by atoms with Crippen molar-refractivity contribution < 1.29 is 14.6 Å². The van der Waals surface area contributed by atoms with Gasteiger partial charge in [0.1, 0.15) is 6.10 Å². The minimum atomic E-state index is -0.702. The van der Waals surface area contributed by atoms with Crippen LogP contribution in [0.5, 0.6) is 0 Å².